The van der Waals surface area contributed by atoms with Crippen molar-refractivity contribution < 1.29 is 9.18 Å². The van der Waals surface area contributed by atoms with E-state index in [-0.39, 0.29) is 29.6 Å². The lowest BCUT2D eigenvalue weighted by Crippen LogP contribution is -2.39. The lowest BCUT2D eigenvalue weighted by atomic mass is 10.1. The van der Waals surface area contributed by atoms with Crippen molar-refractivity contribution >= 4 is 5.91 Å². The van der Waals surface area contributed by atoms with Crippen LogP contribution in [0.1, 0.15) is 42.1 Å². The molecule has 4 rings (SSSR count). The molecule has 0 N–H and O–H groups in total. The number of carbonyl (C=O) groups is 1. The van der Waals surface area contributed by atoms with Gasteiger partial charge in [-0.15, -0.1) is 0 Å². The van der Waals surface area contributed by atoms with Crippen LogP contribution in [0, 0.1) is 25.6 Å². The van der Waals surface area contributed by atoms with Gasteiger partial charge in [0.2, 0.25) is 5.91 Å². The Morgan fingerprint density at radius 2 is 2.12 bits per heavy atom. The summed E-state index contributed by atoms with van der Waals surface area (Å²) < 4.78 is 16.0. The van der Waals surface area contributed by atoms with Crippen LogP contribution in [0.15, 0.2) is 30.3 Å². The molecule has 1 aliphatic heterocycles. The molecule has 2 aromatic rings. The third kappa shape index (κ3) is 3.08. The van der Waals surface area contributed by atoms with Gasteiger partial charge in [0.05, 0.1) is 18.3 Å². The van der Waals surface area contributed by atoms with E-state index in [1.165, 1.54) is 6.07 Å². The van der Waals surface area contributed by atoms with Gasteiger partial charge in [-0.1, -0.05) is 18.2 Å². The number of amides is 1. The Balaban J connectivity index is 1.45. The molecule has 0 radical (unpaired) electrons. The number of halogens is 1. The molecule has 0 bridgehead atoms. The van der Waals surface area contributed by atoms with Crippen LogP contribution in [0.4, 0.5) is 4.39 Å². The third-order valence-corrected chi connectivity index (χ3v) is 5.56. The molecule has 2 heterocycles. The predicted octanol–water partition coefficient (Wildman–Crippen LogP) is 3.43. The largest absolute Gasteiger partial charge is 0.338 e. The summed E-state index contributed by atoms with van der Waals surface area (Å²) in [4.78, 5) is 15.0. The van der Waals surface area contributed by atoms with Crippen molar-refractivity contribution in [3.63, 3.8) is 0 Å². The van der Waals surface area contributed by atoms with Crippen molar-refractivity contribution in [2.24, 2.45) is 5.92 Å². The fourth-order valence-electron chi connectivity index (χ4n) is 4.18. The zero-order valence-electron chi connectivity index (χ0n) is 14.8. The predicted molar refractivity (Wildman–Crippen MR) is 93.7 cm³/mol. The summed E-state index contributed by atoms with van der Waals surface area (Å²) >= 11 is 0. The molecular weight excluding hydrogens is 317 g/mol. The molecule has 1 aromatic heterocycles. The van der Waals surface area contributed by atoms with Crippen LogP contribution < -0.4 is 0 Å². The number of benzene rings is 1. The number of hydrogen-bond acceptors (Lipinski definition) is 2. The summed E-state index contributed by atoms with van der Waals surface area (Å²) in [5.41, 5.74) is 2.83. The second kappa shape index (κ2) is 6.28. The Kier molecular flexibility index (Phi) is 4.10. The quantitative estimate of drug-likeness (QED) is 0.854. The topological polar surface area (TPSA) is 38.1 Å². The van der Waals surface area contributed by atoms with E-state index in [1.54, 1.807) is 6.07 Å². The second-order valence-corrected chi connectivity index (χ2v) is 7.41. The molecule has 1 aromatic carbocycles. The van der Waals surface area contributed by atoms with Crippen LogP contribution in [0.25, 0.3) is 0 Å². The molecule has 0 spiro atoms. The fraction of sp³-hybridized carbons (Fsp3) is 0.500. The summed E-state index contributed by atoms with van der Waals surface area (Å²) in [6.07, 6.45) is 2.82. The molecule has 1 saturated carbocycles. The Morgan fingerprint density at radius 3 is 2.84 bits per heavy atom. The third-order valence-electron chi connectivity index (χ3n) is 5.56. The first-order valence-electron chi connectivity index (χ1n) is 9.10. The Hall–Kier alpha value is -2.17. The zero-order valence-corrected chi connectivity index (χ0v) is 14.8. The number of likely N-dealkylation sites (tertiary alicyclic amines) is 1. The normalized spacial score (nSPS) is 25.4. The Morgan fingerprint density at radius 1 is 1.32 bits per heavy atom. The van der Waals surface area contributed by atoms with Gasteiger partial charge in [0, 0.05) is 18.2 Å². The van der Waals surface area contributed by atoms with Crippen LogP contribution in [0.5, 0.6) is 0 Å². The second-order valence-electron chi connectivity index (χ2n) is 7.41. The molecule has 2 aliphatic rings. The van der Waals surface area contributed by atoms with Crippen molar-refractivity contribution in [3.05, 3.63) is 53.1 Å². The van der Waals surface area contributed by atoms with Crippen molar-refractivity contribution in [2.45, 2.75) is 51.6 Å². The molecule has 4 nitrogen and oxygen atoms in total. The lowest BCUT2D eigenvalue weighted by Gasteiger charge is -2.25. The van der Waals surface area contributed by atoms with E-state index in [9.17, 15) is 9.18 Å². The summed E-state index contributed by atoms with van der Waals surface area (Å²) in [5.74, 6) is -0.0118. The van der Waals surface area contributed by atoms with Crippen molar-refractivity contribution in [2.75, 3.05) is 6.54 Å². The van der Waals surface area contributed by atoms with Gasteiger partial charge >= 0.3 is 0 Å². The van der Waals surface area contributed by atoms with E-state index in [0.29, 0.717) is 5.56 Å². The molecule has 25 heavy (non-hydrogen) atoms. The number of hydrogen-bond donors (Lipinski definition) is 0. The minimum atomic E-state index is -0.191. The first-order valence-corrected chi connectivity index (χ1v) is 9.10. The van der Waals surface area contributed by atoms with Crippen LogP contribution in [-0.4, -0.2) is 33.2 Å². The number of carbonyl (C=O) groups excluding carboxylic acids is 1. The molecular formula is C20H24FN3O. The molecule has 1 aliphatic carbocycles. The van der Waals surface area contributed by atoms with Crippen LogP contribution in [0.3, 0.4) is 0 Å². The minimum Gasteiger partial charge on any atom is -0.338 e. The molecule has 132 valence electrons. The lowest BCUT2D eigenvalue weighted by molar-refractivity contribution is -0.133. The van der Waals surface area contributed by atoms with Gasteiger partial charge in [-0.3, -0.25) is 9.48 Å². The van der Waals surface area contributed by atoms with E-state index in [1.807, 2.05) is 28.6 Å². The smallest absolute Gasteiger partial charge is 0.226 e. The van der Waals surface area contributed by atoms with Gasteiger partial charge in [-0.2, -0.15) is 5.10 Å². The minimum absolute atomic E-state index is 0.0450. The summed E-state index contributed by atoms with van der Waals surface area (Å²) in [5, 5.41) is 4.53. The summed E-state index contributed by atoms with van der Waals surface area (Å²) in [6.45, 7) is 5.60. The monoisotopic (exact) mass is 341 g/mol. The van der Waals surface area contributed by atoms with Gasteiger partial charge in [-0.25, -0.2) is 4.39 Å². The molecule has 3 atom stereocenters. The van der Waals surface area contributed by atoms with E-state index in [2.05, 4.69) is 18.1 Å². The zero-order chi connectivity index (χ0) is 17.6. The van der Waals surface area contributed by atoms with E-state index >= 15 is 0 Å². The number of aryl methyl sites for hydroxylation is 2. The first-order chi connectivity index (χ1) is 12.0. The standard InChI is InChI=1S/C20H24FN3O/c1-13-10-14(2)24(22-13)12-15-6-5-9-23(15)20(25)18-11-17(18)16-7-3-4-8-19(16)21/h3-4,7-8,10,15,17-18H,5-6,9,11-12H2,1-2H3/t15-,17+,18-/m0/s1. The Labute approximate surface area is 147 Å². The van der Waals surface area contributed by atoms with Crippen LogP contribution in [0.2, 0.25) is 0 Å². The van der Waals surface area contributed by atoms with Gasteiger partial charge < -0.3 is 4.90 Å². The van der Waals surface area contributed by atoms with E-state index in [4.69, 9.17) is 0 Å². The maximum atomic E-state index is 14.0. The molecule has 1 saturated heterocycles. The highest BCUT2D eigenvalue weighted by atomic mass is 19.1. The van der Waals surface area contributed by atoms with Gasteiger partial charge in [0.15, 0.2) is 0 Å². The maximum Gasteiger partial charge on any atom is 0.226 e. The number of nitrogens with zero attached hydrogens (tertiary/aromatic N) is 3. The highest BCUT2D eigenvalue weighted by molar-refractivity contribution is 5.83. The molecule has 0 unspecified atom stereocenters. The van der Waals surface area contributed by atoms with Gasteiger partial charge in [-0.05, 0) is 56.7 Å². The average molecular weight is 341 g/mol. The van der Waals surface area contributed by atoms with Crippen LogP contribution >= 0.6 is 0 Å². The van der Waals surface area contributed by atoms with Gasteiger partial charge in [0.25, 0.3) is 0 Å². The molecule has 1 amide bonds. The average Bonchev–Trinajstić information content (AvgIpc) is 3.13. The van der Waals surface area contributed by atoms with Crippen molar-refractivity contribution in [1.29, 1.82) is 0 Å². The molecule has 5 heteroatoms. The highest BCUT2D eigenvalue weighted by Gasteiger charge is 2.48. The number of rotatable bonds is 4. The number of aromatic nitrogens is 2. The molecule has 2 fully saturated rings. The van der Waals surface area contributed by atoms with Crippen LogP contribution in [-0.2, 0) is 11.3 Å². The summed E-state index contributed by atoms with van der Waals surface area (Å²) in [7, 11) is 0. The van der Waals surface area contributed by atoms with E-state index in [0.717, 1.165) is 43.7 Å². The van der Waals surface area contributed by atoms with Gasteiger partial charge in [0.1, 0.15) is 5.82 Å². The Bertz CT molecular complexity index is 800. The first kappa shape index (κ1) is 16.3. The van der Waals surface area contributed by atoms with Crippen molar-refractivity contribution in [1.82, 2.24) is 14.7 Å². The highest BCUT2D eigenvalue weighted by Crippen LogP contribution is 2.49. The fourth-order valence-corrected chi connectivity index (χ4v) is 4.18. The summed E-state index contributed by atoms with van der Waals surface area (Å²) in [6, 6.07) is 9.10. The van der Waals surface area contributed by atoms with E-state index < -0.39 is 0 Å². The van der Waals surface area contributed by atoms with Crippen molar-refractivity contribution in [3.8, 4) is 0 Å². The maximum absolute atomic E-state index is 14.0. The SMILES string of the molecule is Cc1cc(C)n(C[C@@H]2CCCN2C(=O)[C@H]2C[C@@H]2c2ccccc2F)n1.